The zero-order valence-electron chi connectivity index (χ0n) is 21.9. The van der Waals surface area contributed by atoms with Crippen LogP contribution < -0.4 is 28.7 Å². The fourth-order valence-corrected chi connectivity index (χ4v) is 5.21. The smallest absolute Gasteiger partial charge is 0.260 e. The minimum Gasteiger partial charge on any atom is -0.497 e. The van der Waals surface area contributed by atoms with Gasteiger partial charge in [-0.15, -0.1) is 0 Å². The average Bonchev–Trinajstić information content (AvgIpc) is 2.91. The second-order valence-electron chi connectivity index (χ2n) is 8.17. The first kappa shape index (κ1) is 31.3. The lowest BCUT2D eigenvalue weighted by Crippen LogP contribution is -2.39. The van der Waals surface area contributed by atoms with Crippen molar-refractivity contribution in [2.24, 2.45) is 5.10 Å². The van der Waals surface area contributed by atoms with Gasteiger partial charge in [-0.05, 0) is 63.5 Å². The molecule has 0 saturated carbocycles. The molecule has 0 heterocycles. The van der Waals surface area contributed by atoms with Gasteiger partial charge in [0.1, 0.15) is 24.7 Å². The number of benzene rings is 3. The van der Waals surface area contributed by atoms with Crippen LogP contribution in [-0.2, 0) is 21.4 Å². The predicted molar refractivity (Wildman–Crippen MR) is 159 cm³/mol. The van der Waals surface area contributed by atoms with Crippen molar-refractivity contribution in [1.29, 1.82) is 0 Å². The number of anilines is 1. The van der Waals surface area contributed by atoms with E-state index in [1.807, 2.05) is 0 Å². The lowest BCUT2D eigenvalue weighted by molar-refractivity contribution is -0.119. The fourth-order valence-electron chi connectivity index (χ4n) is 3.46. The SMILES string of the molecule is COc1ccc(N(CC(=O)N/N=C\c2cc(Br)c(OCc3ccc(Cl)c(Cl)c3)c(OC)c2)S(C)(=O)=O)c(OC)c1. The van der Waals surface area contributed by atoms with Crippen molar-refractivity contribution in [2.45, 2.75) is 6.61 Å². The summed E-state index contributed by atoms with van der Waals surface area (Å²) in [6.45, 7) is -0.321. The summed E-state index contributed by atoms with van der Waals surface area (Å²) in [4.78, 5) is 12.6. The summed E-state index contributed by atoms with van der Waals surface area (Å²) in [5, 5.41) is 4.83. The molecule has 0 atom stereocenters. The molecule has 0 spiro atoms. The van der Waals surface area contributed by atoms with Crippen LogP contribution in [0.1, 0.15) is 11.1 Å². The van der Waals surface area contributed by atoms with Gasteiger partial charge in [0.25, 0.3) is 5.91 Å². The molecule has 1 amide bonds. The number of amides is 1. The van der Waals surface area contributed by atoms with Crippen molar-refractivity contribution in [2.75, 3.05) is 38.4 Å². The molecule has 3 aromatic carbocycles. The van der Waals surface area contributed by atoms with Crippen LogP contribution in [0.25, 0.3) is 0 Å². The third-order valence-electron chi connectivity index (χ3n) is 5.36. The zero-order chi connectivity index (χ0) is 29.4. The number of carbonyl (C=O) groups excluding carboxylic acids is 1. The van der Waals surface area contributed by atoms with Gasteiger partial charge in [0.05, 0.1) is 54.0 Å². The molecule has 3 rings (SSSR count). The van der Waals surface area contributed by atoms with Crippen molar-refractivity contribution in [3.8, 4) is 23.0 Å². The Morgan fingerprint density at radius 3 is 2.35 bits per heavy atom. The van der Waals surface area contributed by atoms with Crippen LogP contribution in [0.5, 0.6) is 23.0 Å². The molecule has 40 heavy (non-hydrogen) atoms. The third kappa shape index (κ3) is 8.17. The molecule has 10 nitrogen and oxygen atoms in total. The predicted octanol–water partition coefficient (Wildman–Crippen LogP) is 5.28. The quantitative estimate of drug-likeness (QED) is 0.205. The molecule has 0 saturated heterocycles. The summed E-state index contributed by atoms with van der Waals surface area (Å²) in [6.07, 6.45) is 2.37. The largest absolute Gasteiger partial charge is 0.497 e. The number of carbonyl (C=O) groups is 1. The van der Waals surface area contributed by atoms with Crippen molar-refractivity contribution >= 4 is 67.0 Å². The number of hydrogen-bond acceptors (Lipinski definition) is 8. The highest BCUT2D eigenvalue weighted by Gasteiger charge is 2.24. The molecule has 0 fully saturated rings. The van der Waals surface area contributed by atoms with Gasteiger partial charge < -0.3 is 18.9 Å². The van der Waals surface area contributed by atoms with Gasteiger partial charge in [-0.25, -0.2) is 13.8 Å². The average molecular weight is 675 g/mol. The number of hydrazone groups is 1. The van der Waals surface area contributed by atoms with E-state index in [0.717, 1.165) is 16.1 Å². The maximum absolute atomic E-state index is 12.6. The lowest BCUT2D eigenvalue weighted by atomic mass is 10.2. The van der Waals surface area contributed by atoms with Crippen LogP contribution in [0.3, 0.4) is 0 Å². The molecule has 0 aliphatic heterocycles. The first-order valence-corrected chi connectivity index (χ1v) is 14.8. The highest BCUT2D eigenvalue weighted by atomic mass is 79.9. The molecule has 214 valence electrons. The summed E-state index contributed by atoms with van der Waals surface area (Å²) >= 11 is 15.5. The van der Waals surface area contributed by atoms with Crippen LogP contribution >= 0.6 is 39.1 Å². The molecule has 14 heteroatoms. The molecular formula is C26H26BrCl2N3O7S. The normalized spacial score (nSPS) is 11.3. The lowest BCUT2D eigenvalue weighted by Gasteiger charge is -2.23. The summed E-state index contributed by atoms with van der Waals surface area (Å²) in [7, 11) is 0.508. The maximum Gasteiger partial charge on any atom is 0.260 e. The van der Waals surface area contributed by atoms with Gasteiger partial charge in [0.15, 0.2) is 11.5 Å². The molecule has 3 aromatic rings. The Morgan fingerprint density at radius 1 is 1.00 bits per heavy atom. The molecule has 1 N–H and O–H groups in total. The van der Waals surface area contributed by atoms with Gasteiger partial charge >= 0.3 is 0 Å². The van der Waals surface area contributed by atoms with E-state index in [1.54, 1.807) is 36.4 Å². The van der Waals surface area contributed by atoms with Gasteiger partial charge in [-0.1, -0.05) is 29.3 Å². The Hall–Kier alpha value is -3.19. The fraction of sp³-hybridized carbons (Fsp3) is 0.231. The van der Waals surface area contributed by atoms with Crippen LogP contribution in [0.2, 0.25) is 10.0 Å². The maximum atomic E-state index is 12.6. The number of methoxy groups -OCH3 is 3. The summed E-state index contributed by atoms with van der Waals surface area (Å²) < 4.78 is 48.3. The second-order valence-corrected chi connectivity index (χ2v) is 11.7. The van der Waals surface area contributed by atoms with Crippen molar-refractivity contribution in [3.05, 3.63) is 74.2 Å². The third-order valence-corrected chi connectivity index (χ3v) is 7.82. The van der Waals surface area contributed by atoms with E-state index in [-0.39, 0.29) is 18.0 Å². The molecule has 0 radical (unpaired) electrons. The van der Waals surface area contributed by atoms with Crippen LogP contribution in [0, 0.1) is 0 Å². The van der Waals surface area contributed by atoms with Crippen molar-refractivity contribution in [1.82, 2.24) is 5.43 Å². The van der Waals surface area contributed by atoms with Crippen molar-refractivity contribution in [3.63, 3.8) is 0 Å². The highest BCUT2D eigenvalue weighted by molar-refractivity contribution is 9.10. The highest BCUT2D eigenvalue weighted by Crippen LogP contribution is 2.37. The molecule has 0 bridgehead atoms. The molecule has 0 aliphatic rings. The molecular weight excluding hydrogens is 649 g/mol. The Morgan fingerprint density at radius 2 is 1.73 bits per heavy atom. The Balaban J connectivity index is 1.71. The van der Waals surface area contributed by atoms with E-state index in [0.29, 0.717) is 37.3 Å². The number of rotatable bonds is 12. The number of halogens is 3. The van der Waals surface area contributed by atoms with Gasteiger partial charge in [-0.3, -0.25) is 9.10 Å². The minimum atomic E-state index is -3.84. The monoisotopic (exact) mass is 673 g/mol. The zero-order valence-corrected chi connectivity index (χ0v) is 25.8. The number of sulfonamides is 1. The number of hydrogen-bond donors (Lipinski definition) is 1. The van der Waals surface area contributed by atoms with Crippen LogP contribution in [-0.4, -0.2) is 54.7 Å². The van der Waals surface area contributed by atoms with Crippen LogP contribution in [0.15, 0.2) is 58.1 Å². The molecule has 0 aliphatic carbocycles. The minimum absolute atomic E-state index is 0.176. The van der Waals surface area contributed by atoms with Gasteiger partial charge in [-0.2, -0.15) is 5.10 Å². The number of nitrogens with zero attached hydrogens (tertiary/aromatic N) is 2. The van der Waals surface area contributed by atoms with E-state index < -0.39 is 22.5 Å². The van der Waals surface area contributed by atoms with Gasteiger partial charge in [0, 0.05) is 6.07 Å². The van der Waals surface area contributed by atoms with E-state index in [2.05, 4.69) is 26.5 Å². The van der Waals surface area contributed by atoms with E-state index in [9.17, 15) is 13.2 Å². The second kappa shape index (κ2) is 13.9. The van der Waals surface area contributed by atoms with E-state index in [1.165, 1.54) is 39.7 Å². The Bertz CT molecular complexity index is 1520. The first-order valence-electron chi connectivity index (χ1n) is 11.4. The summed E-state index contributed by atoms with van der Waals surface area (Å²) in [6, 6.07) is 13.2. The molecule has 0 unspecified atom stereocenters. The van der Waals surface area contributed by atoms with Crippen molar-refractivity contribution < 1.29 is 32.2 Å². The standard InChI is InChI=1S/C26H26BrCl2N3O7S/c1-36-18-6-8-22(23(12-18)37-2)32(40(4,34)35)14-25(33)31-30-13-17-9-19(27)26(24(11-17)38-3)39-15-16-5-7-20(28)21(29)10-16/h5-13H,14-15H2,1-4H3,(H,31,33)/b30-13-. The van der Waals surface area contributed by atoms with Crippen LogP contribution in [0.4, 0.5) is 5.69 Å². The van der Waals surface area contributed by atoms with Gasteiger partial charge in [0.2, 0.25) is 10.0 Å². The van der Waals surface area contributed by atoms with E-state index in [4.69, 9.17) is 42.1 Å². The topological polar surface area (TPSA) is 116 Å². The van der Waals surface area contributed by atoms with E-state index >= 15 is 0 Å². The Kier molecular flexibility index (Phi) is 10.9. The number of ether oxygens (including phenoxy) is 4. The Labute approximate surface area is 250 Å². The number of nitrogens with one attached hydrogen (secondary N) is 1. The molecule has 0 aromatic heterocycles. The first-order chi connectivity index (χ1) is 19.0. The summed E-state index contributed by atoms with van der Waals surface area (Å²) in [5.41, 5.74) is 3.90. The summed E-state index contributed by atoms with van der Waals surface area (Å²) in [5.74, 6) is 0.881.